The van der Waals surface area contributed by atoms with Crippen molar-refractivity contribution in [3.63, 3.8) is 0 Å². The second kappa shape index (κ2) is 10.6. The van der Waals surface area contributed by atoms with Gasteiger partial charge in [-0.1, -0.05) is 36.4 Å². The number of ether oxygens (including phenoxy) is 2. The van der Waals surface area contributed by atoms with Crippen LogP contribution in [0.3, 0.4) is 0 Å². The summed E-state index contributed by atoms with van der Waals surface area (Å²) in [6.07, 6.45) is 5.52. The summed E-state index contributed by atoms with van der Waals surface area (Å²) in [5.41, 5.74) is 5.42. The van der Waals surface area contributed by atoms with Crippen LogP contribution in [0.2, 0.25) is 0 Å². The summed E-state index contributed by atoms with van der Waals surface area (Å²) in [4.78, 5) is 2.46. The minimum absolute atomic E-state index is 0.0461. The Labute approximate surface area is 208 Å². The van der Waals surface area contributed by atoms with Gasteiger partial charge in [-0.3, -0.25) is 0 Å². The number of alkyl halides is 2. The molecule has 0 unspecified atom stereocenters. The largest absolute Gasteiger partial charge is 0.372 e. The first-order valence-electron chi connectivity index (χ1n) is 13.3. The molecular weight excluding hydrogens is 444 g/mol. The number of hydrogen-bond donors (Lipinski definition) is 0. The number of rotatable bonds is 6. The van der Waals surface area contributed by atoms with Gasteiger partial charge in [-0.2, -0.15) is 0 Å². The van der Waals surface area contributed by atoms with Gasteiger partial charge in [0.1, 0.15) is 0 Å². The molecule has 5 heteroatoms. The van der Waals surface area contributed by atoms with E-state index in [-0.39, 0.29) is 19.1 Å². The maximum absolute atomic E-state index is 13.9. The van der Waals surface area contributed by atoms with Gasteiger partial charge in [-0.05, 0) is 79.2 Å². The Bertz CT molecular complexity index is 957. The number of fused-ring (bicyclic) bond motifs is 1. The third-order valence-corrected chi connectivity index (χ3v) is 8.94. The SMILES string of the molecule is COC(OC)C1CCN(c2ccc([C@@H]3c4ccccc4CC[C@@H]3C3CCC(F)(F)CC3)cc2)CC1. The number of benzene rings is 2. The van der Waals surface area contributed by atoms with Crippen LogP contribution in [-0.2, 0) is 15.9 Å². The van der Waals surface area contributed by atoms with Crippen LogP contribution in [0.25, 0.3) is 0 Å². The van der Waals surface area contributed by atoms with E-state index in [4.69, 9.17) is 9.47 Å². The highest BCUT2D eigenvalue weighted by Gasteiger charge is 2.42. The van der Waals surface area contributed by atoms with E-state index in [9.17, 15) is 8.78 Å². The Kier molecular flexibility index (Phi) is 7.45. The molecular formula is C30H39F2NO2. The third-order valence-electron chi connectivity index (χ3n) is 8.94. The summed E-state index contributed by atoms with van der Waals surface area (Å²) >= 11 is 0. The number of methoxy groups -OCH3 is 2. The van der Waals surface area contributed by atoms with Crippen LogP contribution in [0.1, 0.15) is 67.6 Å². The topological polar surface area (TPSA) is 21.7 Å². The van der Waals surface area contributed by atoms with Gasteiger partial charge < -0.3 is 14.4 Å². The smallest absolute Gasteiger partial charge is 0.248 e. The molecule has 5 rings (SSSR count). The van der Waals surface area contributed by atoms with Gasteiger partial charge in [0.2, 0.25) is 5.92 Å². The van der Waals surface area contributed by atoms with Crippen molar-refractivity contribution < 1.29 is 18.3 Å². The Hall–Kier alpha value is -1.98. The van der Waals surface area contributed by atoms with Gasteiger partial charge in [-0.25, -0.2) is 8.78 Å². The molecule has 0 amide bonds. The fourth-order valence-electron chi connectivity index (χ4n) is 7.01. The van der Waals surface area contributed by atoms with Gasteiger partial charge in [-0.15, -0.1) is 0 Å². The monoisotopic (exact) mass is 483 g/mol. The van der Waals surface area contributed by atoms with E-state index < -0.39 is 5.92 Å². The van der Waals surface area contributed by atoms with Gasteiger partial charge in [0, 0.05) is 57.7 Å². The van der Waals surface area contributed by atoms with Crippen molar-refractivity contribution in [3.8, 4) is 0 Å². The van der Waals surface area contributed by atoms with Crippen LogP contribution in [0.15, 0.2) is 48.5 Å². The molecule has 2 aromatic rings. The number of nitrogens with zero attached hydrogens (tertiary/aromatic N) is 1. The lowest BCUT2D eigenvalue weighted by Gasteiger charge is -2.42. The predicted molar refractivity (Wildman–Crippen MR) is 136 cm³/mol. The lowest BCUT2D eigenvalue weighted by molar-refractivity contribution is -0.141. The van der Waals surface area contributed by atoms with E-state index in [1.807, 2.05) is 0 Å². The highest BCUT2D eigenvalue weighted by molar-refractivity contribution is 5.50. The minimum Gasteiger partial charge on any atom is -0.372 e. The third kappa shape index (κ3) is 5.27. The molecule has 2 aliphatic carbocycles. The molecule has 190 valence electrons. The second-order valence-electron chi connectivity index (χ2n) is 10.8. The molecule has 35 heavy (non-hydrogen) atoms. The van der Waals surface area contributed by atoms with Gasteiger partial charge in [0.05, 0.1) is 0 Å². The highest BCUT2D eigenvalue weighted by Crippen LogP contribution is 2.50. The quantitative estimate of drug-likeness (QED) is 0.411. The number of hydrogen-bond acceptors (Lipinski definition) is 3. The van der Waals surface area contributed by atoms with Crippen molar-refractivity contribution in [2.45, 2.75) is 69.5 Å². The average molecular weight is 484 g/mol. The maximum atomic E-state index is 13.9. The van der Waals surface area contributed by atoms with Gasteiger partial charge in [0.25, 0.3) is 0 Å². The average Bonchev–Trinajstić information content (AvgIpc) is 2.89. The highest BCUT2D eigenvalue weighted by atomic mass is 19.3. The van der Waals surface area contributed by atoms with Crippen molar-refractivity contribution in [1.82, 2.24) is 0 Å². The Balaban J connectivity index is 1.34. The van der Waals surface area contributed by atoms with Gasteiger partial charge >= 0.3 is 0 Å². The fraction of sp³-hybridized carbons (Fsp3) is 0.600. The summed E-state index contributed by atoms with van der Waals surface area (Å²) in [6.45, 7) is 2.00. The Morgan fingerprint density at radius 1 is 0.857 bits per heavy atom. The lowest BCUT2D eigenvalue weighted by atomic mass is 9.64. The normalized spacial score (nSPS) is 25.6. The van der Waals surface area contributed by atoms with Crippen LogP contribution in [0.5, 0.6) is 0 Å². The van der Waals surface area contributed by atoms with Crippen LogP contribution in [0.4, 0.5) is 14.5 Å². The summed E-state index contributed by atoms with van der Waals surface area (Å²) < 4.78 is 38.8. The first-order valence-corrected chi connectivity index (χ1v) is 13.3. The van der Waals surface area contributed by atoms with Crippen molar-refractivity contribution in [2.75, 3.05) is 32.2 Å². The summed E-state index contributed by atoms with van der Waals surface area (Å²) in [5.74, 6) is -0.937. The van der Waals surface area contributed by atoms with E-state index in [1.165, 1.54) is 22.4 Å². The first-order chi connectivity index (χ1) is 17.0. The summed E-state index contributed by atoms with van der Waals surface area (Å²) in [6, 6.07) is 17.9. The molecule has 0 aromatic heterocycles. The predicted octanol–water partition coefficient (Wildman–Crippen LogP) is 7.04. The van der Waals surface area contributed by atoms with Crippen molar-refractivity contribution in [3.05, 3.63) is 65.2 Å². The zero-order valence-corrected chi connectivity index (χ0v) is 21.1. The first kappa shape index (κ1) is 24.7. The molecule has 1 aliphatic heterocycles. The van der Waals surface area contributed by atoms with Crippen molar-refractivity contribution >= 4 is 5.69 Å². The molecule has 1 saturated heterocycles. The van der Waals surface area contributed by atoms with Crippen molar-refractivity contribution in [2.24, 2.45) is 17.8 Å². The van der Waals surface area contributed by atoms with E-state index in [0.717, 1.165) is 38.8 Å². The molecule has 0 N–H and O–H groups in total. The second-order valence-corrected chi connectivity index (χ2v) is 10.8. The molecule has 0 spiro atoms. The zero-order valence-electron chi connectivity index (χ0n) is 21.1. The summed E-state index contributed by atoms with van der Waals surface area (Å²) in [7, 11) is 3.43. The number of aryl methyl sites for hydroxylation is 1. The van der Waals surface area contributed by atoms with Gasteiger partial charge in [0.15, 0.2) is 6.29 Å². The molecule has 0 bridgehead atoms. The molecule has 3 aliphatic rings. The molecule has 1 saturated carbocycles. The maximum Gasteiger partial charge on any atom is 0.248 e. The Morgan fingerprint density at radius 3 is 2.17 bits per heavy atom. The molecule has 2 fully saturated rings. The molecule has 1 heterocycles. The van der Waals surface area contributed by atoms with E-state index in [0.29, 0.717) is 36.5 Å². The van der Waals surface area contributed by atoms with Crippen LogP contribution in [-0.4, -0.2) is 39.5 Å². The van der Waals surface area contributed by atoms with Crippen LogP contribution < -0.4 is 4.90 Å². The Morgan fingerprint density at radius 2 is 1.51 bits per heavy atom. The number of anilines is 1. The standard InChI is InChI=1S/C30H39F2NO2/c1-34-29(35-2)24-15-19-33(20-16-24)25-10-7-23(8-11-25)28-26-6-4-3-5-21(26)9-12-27(28)22-13-17-30(31,32)18-14-22/h3-8,10-11,22,24,27-29H,9,12-20H2,1-2H3/t27-,28-/m1/s1. The minimum atomic E-state index is -2.47. The molecule has 3 nitrogen and oxygen atoms in total. The molecule has 2 aromatic carbocycles. The molecule has 2 atom stereocenters. The number of piperidine rings is 1. The van der Waals surface area contributed by atoms with Crippen LogP contribution in [0, 0.1) is 17.8 Å². The zero-order chi connectivity index (χ0) is 24.4. The number of halogens is 2. The van der Waals surface area contributed by atoms with E-state index in [1.54, 1.807) is 14.2 Å². The van der Waals surface area contributed by atoms with E-state index in [2.05, 4.69) is 53.4 Å². The fourth-order valence-corrected chi connectivity index (χ4v) is 7.01. The molecule has 0 radical (unpaired) electrons. The van der Waals surface area contributed by atoms with Crippen molar-refractivity contribution in [1.29, 1.82) is 0 Å². The summed E-state index contributed by atoms with van der Waals surface area (Å²) in [5, 5.41) is 0. The van der Waals surface area contributed by atoms with E-state index >= 15 is 0 Å². The van der Waals surface area contributed by atoms with Crippen LogP contribution >= 0.6 is 0 Å². The lowest BCUT2D eigenvalue weighted by Crippen LogP contribution is -2.39.